The van der Waals surface area contributed by atoms with Crippen molar-refractivity contribution in [2.45, 2.75) is 18.1 Å². The molecule has 0 radical (unpaired) electrons. The van der Waals surface area contributed by atoms with E-state index in [2.05, 4.69) is 0 Å². The summed E-state index contributed by atoms with van der Waals surface area (Å²) in [5.41, 5.74) is 2.45. The third kappa shape index (κ3) is 2.69. The molecule has 1 N–H and O–H groups in total. The predicted molar refractivity (Wildman–Crippen MR) is 107 cm³/mol. The summed E-state index contributed by atoms with van der Waals surface area (Å²) >= 11 is 0.576. The second-order valence-electron chi connectivity index (χ2n) is 7.86. The molecule has 6 rings (SSSR count). The summed E-state index contributed by atoms with van der Waals surface area (Å²) < 4.78 is 56.3. The highest BCUT2D eigenvalue weighted by Gasteiger charge is 2.50. The fraction of sp³-hybridized carbons (Fsp3) is 0.273. The number of anilines is 1. The van der Waals surface area contributed by atoms with Crippen molar-refractivity contribution in [3.63, 3.8) is 0 Å². The van der Waals surface area contributed by atoms with Crippen LogP contribution in [0.1, 0.15) is 20.9 Å². The van der Waals surface area contributed by atoms with E-state index in [1.807, 2.05) is 41.3 Å². The number of benzene rings is 2. The minimum absolute atomic E-state index is 0.160. The molecule has 0 saturated carbocycles. The van der Waals surface area contributed by atoms with Crippen LogP contribution in [0.15, 0.2) is 42.5 Å². The molecule has 0 saturated heterocycles. The predicted octanol–water partition coefficient (Wildman–Crippen LogP) is 4.90. The Morgan fingerprint density at radius 1 is 1.00 bits per heavy atom. The van der Waals surface area contributed by atoms with Gasteiger partial charge in [-0.05, 0) is 17.7 Å². The number of halogens is 3. The largest absolute Gasteiger partial charge is 0.507 e. The second-order valence-corrected chi connectivity index (χ2v) is 9.00. The van der Waals surface area contributed by atoms with E-state index in [4.69, 9.17) is 14.2 Å². The number of para-hydroxylation sites is 1. The quantitative estimate of drug-likeness (QED) is 0.606. The molecular formula is C22H16F3NO4S. The molecule has 0 bridgehead atoms. The number of thiophene rings is 1. The summed E-state index contributed by atoms with van der Waals surface area (Å²) in [4.78, 5) is 1.48. The zero-order valence-corrected chi connectivity index (χ0v) is 16.8. The number of aromatic hydroxyl groups is 1. The second kappa shape index (κ2) is 6.23. The molecule has 2 aromatic carbocycles. The van der Waals surface area contributed by atoms with Gasteiger partial charge in [-0.3, -0.25) is 0 Å². The highest BCUT2D eigenvalue weighted by atomic mass is 32.1. The van der Waals surface area contributed by atoms with Crippen LogP contribution in [0.2, 0.25) is 0 Å². The lowest BCUT2D eigenvalue weighted by molar-refractivity contribution is -0.134. The topological polar surface area (TPSA) is 51.2 Å². The lowest BCUT2D eigenvalue weighted by Gasteiger charge is -2.25. The van der Waals surface area contributed by atoms with Crippen molar-refractivity contribution in [2.75, 3.05) is 24.8 Å². The van der Waals surface area contributed by atoms with Gasteiger partial charge in [0, 0.05) is 29.9 Å². The van der Waals surface area contributed by atoms with Gasteiger partial charge in [0.2, 0.25) is 6.79 Å². The molecule has 1 atom stereocenters. The lowest BCUT2D eigenvalue weighted by atomic mass is 9.77. The zero-order valence-electron chi connectivity index (χ0n) is 16.0. The van der Waals surface area contributed by atoms with Gasteiger partial charge in [0.1, 0.15) is 23.0 Å². The average Bonchev–Trinajstić information content (AvgIpc) is 3.49. The molecule has 4 heterocycles. The van der Waals surface area contributed by atoms with E-state index in [-0.39, 0.29) is 24.0 Å². The number of alkyl halides is 3. The Labute approximate surface area is 179 Å². The Hall–Kier alpha value is -3.07. The normalized spacial score (nSPS) is 20.8. The SMILES string of the molecule is Oc1cc(C(F)(F)F)sc1CN1CC2(COc3cc4c(cc32)OCO4)c2ccccc21. The van der Waals surface area contributed by atoms with E-state index in [1.165, 1.54) is 0 Å². The number of rotatable bonds is 2. The van der Waals surface area contributed by atoms with Gasteiger partial charge in [0.25, 0.3) is 0 Å². The van der Waals surface area contributed by atoms with Crippen LogP contribution in [-0.4, -0.2) is 25.1 Å². The maximum absolute atomic E-state index is 13.1. The Kier molecular flexibility index (Phi) is 3.75. The zero-order chi connectivity index (χ0) is 21.4. The van der Waals surface area contributed by atoms with Crippen molar-refractivity contribution in [1.82, 2.24) is 0 Å². The molecule has 1 spiro atoms. The minimum Gasteiger partial charge on any atom is -0.507 e. The summed E-state index contributed by atoms with van der Waals surface area (Å²) in [5.74, 6) is 1.69. The fourth-order valence-electron chi connectivity index (χ4n) is 4.69. The molecule has 160 valence electrons. The first-order valence-electron chi connectivity index (χ1n) is 9.65. The Bertz CT molecular complexity index is 1210. The van der Waals surface area contributed by atoms with Crippen LogP contribution in [0, 0.1) is 0 Å². The van der Waals surface area contributed by atoms with E-state index in [1.54, 1.807) is 0 Å². The molecule has 0 amide bonds. The molecule has 1 unspecified atom stereocenters. The summed E-state index contributed by atoms with van der Waals surface area (Å²) in [5, 5.41) is 10.2. The number of hydrogen-bond acceptors (Lipinski definition) is 6. The third-order valence-corrected chi connectivity index (χ3v) is 7.24. The molecular weight excluding hydrogens is 431 g/mol. The summed E-state index contributed by atoms with van der Waals surface area (Å²) in [6, 6.07) is 12.4. The van der Waals surface area contributed by atoms with Gasteiger partial charge >= 0.3 is 6.18 Å². The van der Waals surface area contributed by atoms with Gasteiger partial charge in [-0.25, -0.2) is 0 Å². The summed E-state index contributed by atoms with van der Waals surface area (Å²) in [6.45, 7) is 1.25. The van der Waals surface area contributed by atoms with Crippen molar-refractivity contribution in [3.8, 4) is 23.0 Å². The molecule has 3 aliphatic heterocycles. The monoisotopic (exact) mass is 447 g/mol. The van der Waals surface area contributed by atoms with E-state index in [0.29, 0.717) is 36.0 Å². The third-order valence-electron chi connectivity index (χ3n) is 6.09. The van der Waals surface area contributed by atoms with Crippen LogP contribution in [-0.2, 0) is 18.1 Å². The van der Waals surface area contributed by atoms with Gasteiger partial charge in [0.05, 0.1) is 16.8 Å². The maximum Gasteiger partial charge on any atom is 0.425 e. The molecule has 31 heavy (non-hydrogen) atoms. The highest BCUT2D eigenvalue weighted by molar-refractivity contribution is 7.12. The standard InChI is InChI=1S/C22H16F3NO4S/c23-22(24,25)20-6-15(27)19(31-20)8-26-9-21(12-3-1-2-4-14(12)26)10-28-16-7-18-17(5-13(16)21)29-11-30-18/h1-7,27H,8-11H2. The molecule has 3 aliphatic rings. The Morgan fingerprint density at radius 2 is 1.77 bits per heavy atom. The lowest BCUT2D eigenvalue weighted by Crippen LogP contribution is -2.35. The highest BCUT2D eigenvalue weighted by Crippen LogP contribution is 2.55. The van der Waals surface area contributed by atoms with Gasteiger partial charge in [-0.15, -0.1) is 11.3 Å². The van der Waals surface area contributed by atoms with Crippen LogP contribution in [0.25, 0.3) is 0 Å². The molecule has 1 aromatic heterocycles. The molecule has 0 fully saturated rings. The molecule has 0 aliphatic carbocycles. The van der Waals surface area contributed by atoms with Crippen LogP contribution < -0.4 is 19.1 Å². The first-order chi connectivity index (χ1) is 14.8. The van der Waals surface area contributed by atoms with E-state index < -0.39 is 16.5 Å². The first-order valence-corrected chi connectivity index (χ1v) is 10.5. The first kappa shape index (κ1) is 18.7. The van der Waals surface area contributed by atoms with Crippen molar-refractivity contribution < 1.29 is 32.5 Å². The van der Waals surface area contributed by atoms with E-state index >= 15 is 0 Å². The van der Waals surface area contributed by atoms with E-state index in [0.717, 1.165) is 28.6 Å². The summed E-state index contributed by atoms with van der Waals surface area (Å²) in [6.07, 6.45) is -4.48. The number of nitrogens with zero attached hydrogens (tertiary/aromatic N) is 1. The summed E-state index contributed by atoms with van der Waals surface area (Å²) in [7, 11) is 0. The van der Waals surface area contributed by atoms with Gasteiger partial charge in [-0.1, -0.05) is 18.2 Å². The molecule has 5 nitrogen and oxygen atoms in total. The van der Waals surface area contributed by atoms with Crippen LogP contribution in [0.5, 0.6) is 23.0 Å². The van der Waals surface area contributed by atoms with Gasteiger partial charge in [-0.2, -0.15) is 13.2 Å². The fourth-order valence-corrected chi connectivity index (χ4v) is 5.62. The van der Waals surface area contributed by atoms with Crippen LogP contribution in [0.4, 0.5) is 18.9 Å². The van der Waals surface area contributed by atoms with E-state index in [9.17, 15) is 18.3 Å². The number of ether oxygens (including phenoxy) is 3. The molecule has 9 heteroatoms. The smallest absolute Gasteiger partial charge is 0.425 e. The van der Waals surface area contributed by atoms with Crippen LogP contribution >= 0.6 is 11.3 Å². The van der Waals surface area contributed by atoms with Gasteiger partial charge < -0.3 is 24.2 Å². The molecule has 3 aromatic rings. The van der Waals surface area contributed by atoms with Crippen molar-refractivity contribution in [3.05, 3.63) is 63.3 Å². The Balaban J connectivity index is 1.41. The van der Waals surface area contributed by atoms with Crippen molar-refractivity contribution >= 4 is 17.0 Å². The maximum atomic E-state index is 13.1. The average molecular weight is 447 g/mol. The van der Waals surface area contributed by atoms with Crippen molar-refractivity contribution in [1.29, 1.82) is 0 Å². The number of fused-ring (bicyclic) bond motifs is 5. The van der Waals surface area contributed by atoms with Crippen molar-refractivity contribution in [2.24, 2.45) is 0 Å². The Morgan fingerprint density at radius 3 is 2.55 bits per heavy atom. The number of hydrogen-bond donors (Lipinski definition) is 1. The minimum atomic E-state index is -4.48. The van der Waals surface area contributed by atoms with Crippen LogP contribution in [0.3, 0.4) is 0 Å². The van der Waals surface area contributed by atoms with Gasteiger partial charge in [0.15, 0.2) is 11.5 Å².